The quantitative estimate of drug-likeness (QED) is 0.674. The minimum Gasteiger partial charge on any atom is -0.368 e. The summed E-state index contributed by atoms with van der Waals surface area (Å²) >= 11 is 0. The summed E-state index contributed by atoms with van der Waals surface area (Å²) in [6, 6.07) is 3.67. The van der Waals surface area contributed by atoms with Crippen LogP contribution >= 0.6 is 0 Å². The second kappa shape index (κ2) is 4.57. The van der Waals surface area contributed by atoms with Gasteiger partial charge in [-0.15, -0.1) is 0 Å². The summed E-state index contributed by atoms with van der Waals surface area (Å²) in [5, 5.41) is 0. The van der Waals surface area contributed by atoms with E-state index in [1.807, 2.05) is 12.1 Å². The van der Waals surface area contributed by atoms with Gasteiger partial charge in [-0.05, 0) is 17.7 Å². The normalized spacial score (nSPS) is 9.86. The Kier molecular flexibility index (Phi) is 3.41. The number of likely N-dealkylation sites (N-methyl/N-ethyl adjacent to an activating group) is 1. The van der Waals surface area contributed by atoms with Crippen LogP contribution in [0.2, 0.25) is 0 Å². The van der Waals surface area contributed by atoms with E-state index in [1.54, 1.807) is 18.1 Å². The average molecular weight is 194 g/mol. The lowest BCUT2D eigenvalue weighted by atomic mass is 10.2. The lowest BCUT2D eigenvalue weighted by Gasteiger charge is -2.16. The molecule has 0 spiro atoms. The van der Waals surface area contributed by atoms with Crippen LogP contribution in [0.15, 0.2) is 18.3 Å². The fourth-order valence-corrected chi connectivity index (χ4v) is 1.11. The molecule has 0 saturated carbocycles. The van der Waals surface area contributed by atoms with Crippen molar-refractivity contribution in [2.24, 2.45) is 11.5 Å². The minimum atomic E-state index is -0.382. The first-order valence-corrected chi connectivity index (χ1v) is 4.28. The summed E-state index contributed by atoms with van der Waals surface area (Å²) in [4.78, 5) is 16.5. The first-order chi connectivity index (χ1) is 6.63. The minimum absolute atomic E-state index is 0.154. The Bertz CT molecular complexity index is 326. The molecule has 1 heterocycles. The van der Waals surface area contributed by atoms with Crippen molar-refractivity contribution in [3.63, 3.8) is 0 Å². The predicted molar refractivity (Wildman–Crippen MR) is 54.6 cm³/mol. The zero-order valence-corrected chi connectivity index (χ0v) is 8.10. The summed E-state index contributed by atoms with van der Waals surface area (Å²) in [5.41, 5.74) is 11.5. The van der Waals surface area contributed by atoms with Crippen LogP contribution in [-0.4, -0.2) is 24.5 Å². The maximum absolute atomic E-state index is 10.7. The van der Waals surface area contributed by atoms with Crippen LogP contribution in [0.1, 0.15) is 5.56 Å². The molecule has 5 heteroatoms. The Hall–Kier alpha value is -1.62. The monoisotopic (exact) mass is 194 g/mol. The van der Waals surface area contributed by atoms with Gasteiger partial charge in [0, 0.05) is 19.8 Å². The van der Waals surface area contributed by atoms with Gasteiger partial charge in [0.15, 0.2) is 0 Å². The first-order valence-electron chi connectivity index (χ1n) is 4.28. The van der Waals surface area contributed by atoms with Crippen molar-refractivity contribution in [2.45, 2.75) is 6.54 Å². The summed E-state index contributed by atoms with van der Waals surface area (Å²) in [6.07, 6.45) is 1.66. The number of nitrogens with two attached hydrogens (primary N) is 2. The van der Waals surface area contributed by atoms with Crippen LogP contribution in [0, 0.1) is 0 Å². The molecule has 0 fully saturated rings. The zero-order valence-electron chi connectivity index (χ0n) is 8.10. The molecule has 1 amide bonds. The molecule has 0 unspecified atom stereocenters. The Morgan fingerprint density at radius 1 is 1.64 bits per heavy atom. The standard InChI is InChI=1S/C9H14N4O/c1-13(6-8(11)14)9-4-7(5-10)2-3-12-9/h2-4H,5-6,10H2,1H3,(H2,11,14). The first kappa shape index (κ1) is 10.5. The van der Waals surface area contributed by atoms with Crippen molar-refractivity contribution in [3.8, 4) is 0 Å². The van der Waals surface area contributed by atoms with Crippen molar-refractivity contribution >= 4 is 11.7 Å². The van der Waals surface area contributed by atoms with Crippen LogP contribution in [-0.2, 0) is 11.3 Å². The fourth-order valence-electron chi connectivity index (χ4n) is 1.11. The molecule has 1 aromatic heterocycles. The Balaban J connectivity index is 2.78. The second-order valence-electron chi connectivity index (χ2n) is 3.05. The molecule has 14 heavy (non-hydrogen) atoms. The Morgan fingerprint density at radius 2 is 2.36 bits per heavy atom. The molecular formula is C9H14N4O. The highest BCUT2D eigenvalue weighted by atomic mass is 16.1. The van der Waals surface area contributed by atoms with Crippen molar-refractivity contribution in [2.75, 3.05) is 18.5 Å². The molecular weight excluding hydrogens is 180 g/mol. The fraction of sp³-hybridized carbons (Fsp3) is 0.333. The molecule has 5 nitrogen and oxygen atoms in total. The molecule has 0 saturated heterocycles. The lowest BCUT2D eigenvalue weighted by molar-refractivity contribution is -0.116. The highest BCUT2D eigenvalue weighted by Crippen LogP contribution is 2.09. The smallest absolute Gasteiger partial charge is 0.236 e. The van der Waals surface area contributed by atoms with Crippen LogP contribution in [0.3, 0.4) is 0 Å². The molecule has 4 N–H and O–H groups in total. The van der Waals surface area contributed by atoms with Gasteiger partial charge in [-0.2, -0.15) is 0 Å². The number of primary amides is 1. The number of amides is 1. The van der Waals surface area contributed by atoms with Gasteiger partial charge in [-0.3, -0.25) is 4.79 Å². The third-order valence-corrected chi connectivity index (χ3v) is 1.83. The van der Waals surface area contributed by atoms with Gasteiger partial charge in [-0.1, -0.05) is 0 Å². The number of aromatic nitrogens is 1. The van der Waals surface area contributed by atoms with Crippen LogP contribution in [0.5, 0.6) is 0 Å². The highest BCUT2D eigenvalue weighted by molar-refractivity contribution is 5.79. The number of carbonyl (C=O) groups excluding carboxylic acids is 1. The molecule has 0 aromatic carbocycles. The zero-order chi connectivity index (χ0) is 10.6. The third kappa shape index (κ3) is 2.70. The lowest BCUT2D eigenvalue weighted by Crippen LogP contribution is -2.31. The van der Waals surface area contributed by atoms with Gasteiger partial charge < -0.3 is 16.4 Å². The second-order valence-corrected chi connectivity index (χ2v) is 3.05. The molecule has 1 rings (SSSR count). The van der Waals surface area contributed by atoms with Crippen molar-refractivity contribution < 1.29 is 4.79 Å². The van der Waals surface area contributed by atoms with E-state index in [0.29, 0.717) is 12.4 Å². The predicted octanol–water partition coefficient (Wildman–Crippen LogP) is -0.538. The van der Waals surface area contributed by atoms with Gasteiger partial charge in [0.2, 0.25) is 5.91 Å². The topological polar surface area (TPSA) is 85.2 Å². The highest BCUT2D eigenvalue weighted by Gasteiger charge is 2.05. The molecule has 1 aromatic rings. The van der Waals surface area contributed by atoms with E-state index in [0.717, 1.165) is 5.56 Å². The largest absolute Gasteiger partial charge is 0.368 e. The molecule has 0 aliphatic carbocycles. The van der Waals surface area contributed by atoms with Crippen LogP contribution in [0.25, 0.3) is 0 Å². The van der Waals surface area contributed by atoms with E-state index < -0.39 is 0 Å². The number of hydrogen-bond donors (Lipinski definition) is 2. The van der Waals surface area contributed by atoms with E-state index in [-0.39, 0.29) is 12.5 Å². The molecule has 76 valence electrons. The maximum Gasteiger partial charge on any atom is 0.236 e. The molecule has 0 bridgehead atoms. The van der Waals surface area contributed by atoms with E-state index in [1.165, 1.54) is 0 Å². The summed E-state index contributed by atoms with van der Waals surface area (Å²) < 4.78 is 0. The average Bonchev–Trinajstić information content (AvgIpc) is 2.17. The SMILES string of the molecule is CN(CC(N)=O)c1cc(CN)ccn1. The Morgan fingerprint density at radius 3 is 2.93 bits per heavy atom. The summed E-state index contributed by atoms with van der Waals surface area (Å²) in [6.45, 7) is 0.612. The van der Waals surface area contributed by atoms with Gasteiger partial charge in [-0.25, -0.2) is 4.98 Å². The maximum atomic E-state index is 10.7. The number of pyridine rings is 1. The summed E-state index contributed by atoms with van der Waals surface area (Å²) in [7, 11) is 1.76. The van der Waals surface area contributed by atoms with Crippen LogP contribution in [0.4, 0.5) is 5.82 Å². The van der Waals surface area contributed by atoms with Crippen molar-refractivity contribution in [3.05, 3.63) is 23.9 Å². The molecule has 0 radical (unpaired) electrons. The van der Waals surface area contributed by atoms with E-state index in [9.17, 15) is 4.79 Å². The van der Waals surface area contributed by atoms with Crippen LogP contribution < -0.4 is 16.4 Å². The number of rotatable bonds is 4. The van der Waals surface area contributed by atoms with Crippen molar-refractivity contribution in [1.29, 1.82) is 0 Å². The van der Waals surface area contributed by atoms with E-state index >= 15 is 0 Å². The van der Waals surface area contributed by atoms with E-state index in [4.69, 9.17) is 11.5 Å². The third-order valence-electron chi connectivity index (χ3n) is 1.83. The van der Waals surface area contributed by atoms with Gasteiger partial charge in [0.25, 0.3) is 0 Å². The molecule has 0 aliphatic heterocycles. The summed E-state index contributed by atoms with van der Waals surface area (Å²) in [5.74, 6) is 0.319. The Labute approximate surface area is 82.7 Å². The van der Waals surface area contributed by atoms with Gasteiger partial charge >= 0.3 is 0 Å². The number of nitrogens with zero attached hydrogens (tertiary/aromatic N) is 2. The number of carbonyl (C=O) groups is 1. The van der Waals surface area contributed by atoms with E-state index in [2.05, 4.69) is 4.98 Å². The molecule has 0 aliphatic rings. The van der Waals surface area contributed by atoms with Gasteiger partial charge in [0.1, 0.15) is 5.82 Å². The van der Waals surface area contributed by atoms with Crippen molar-refractivity contribution in [1.82, 2.24) is 4.98 Å². The molecule has 0 atom stereocenters. The number of anilines is 1. The number of hydrogen-bond acceptors (Lipinski definition) is 4. The van der Waals surface area contributed by atoms with Gasteiger partial charge in [0.05, 0.1) is 6.54 Å².